The molecule has 0 saturated carbocycles. The van der Waals surface area contributed by atoms with E-state index in [0.717, 1.165) is 12.8 Å². The third kappa shape index (κ3) is 4.63. The summed E-state index contributed by atoms with van der Waals surface area (Å²) >= 11 is 0. The molecule has 1 atom stereocenters. The molecule has 0 spiro atoms. The zero-order valence-electron chi connectivity index (χ0n) is 9.72. The largest absolute Gasteiger partial charge is 0.389 e. The van der Waals surface area contributed by atoms with Crippen LogP contribution in [0.5, 0.6) is 0 Å². The lowest BCUT2D eigenvalue weighted by Gasteiger charge is -2.30. The van der Waals surface area contributed by atoms with Crippen molar-refractivity contribution in [3.63, 3.8) is 0 Å². The maximum absolute atomic E-state index is 9.97. The van der Waals surface area contributed by atoms with Crippen LogP contribution in [0.3, 0.4) is 0 Å². The van der Waals surface area contributed by atoms with Gasteiger partial charge in [-0.25, -0.2) is 0 Å². The lowest BCUT2D eigenvalue weighted by Crippen LogP contribution is -2.45. The molecule has 0 fully saturated rings. The van der Waals surface area contributed by atoms with Crippen LogP contribution in [0.4, 0.5) is 0 Å². The Hall–Kier alpha value is -0.0800. The minimum atomic E-state index is -0.581. The van der Waals surface area contributed by atoms with Crippen molar-refractivity contribution < 1.29 is 5.11 Å². The maximum atomic E-state index is 9.97. The minimum absolute atomic E-state index is 0.300. The Bertz CT molecular complexity index is 128. The summed E-state index contributed by atoms with van der Waals surface area (Å²) in [6, 6.07) is 0.547. The summed E-state index contributed by atoms with van der Waals surface area (Å²) < 4.78 is 0. The van der Waals surface area contributed by atoms with Gasteiger partial charge in [0.05, 0.1) is 5.60 Å². The second-order valence-electron chi connectivity index (χ2n) is 4.41. The Balaban J connectivity index is 3.85. The third-order valence-corrected chi connectivity index (χ3v) is 2.98. The summed E-state index contributed by atoms with van der Waals surface area (Å²) in [5.74, 6) is 0.300. The molecule has 0 bridgehead atoms. The quantitative estimate of drug-likeness (QED) is 0.668. The normalized spacial score (nSPS) is 16.6. The molecule has 2 N–H and O–H groups in total. The second kappa shape index (κ2) is 5.61. The number of rotatable bonds is 6. The first-order valence-corrected chi connectivity index (χ1v) is 5.39. The average Bonchev–Trinajstić information content (AvgIpc) is 2.06. The van der Waals surface area contributed by atoms with Gasteiger partial charge >= 0.3 is 0 Å². The summed E-state index contributed by atoms with van der Waals surface area (Å²) in [5.41, 5.74) is -0.581. The third-order valence-electron chi connectivity index (χ3n) is 2.98. The van der Waals surface area contributed by atoms with Gasteiger partial charge in [0, 0.05) is 12.6 Å². The minimum Gasteiger partial charge on any atom is -0.389 e. The topological polar surface area (TPSA) is 32.3 Å². The Morgan fingerprint density at radius 3 is 2.00 bits per heavy atom. The van der Waals surface area contributed by atoms with Crippen molar-refractivity contribution in [2.45, 2.75) is 59.1 Å². The van der Waals surface area contributed by atoms with Crippen LogP contribution in [0.2, 0.25) is 0 Å². The summed E-state index contributed by atoms with van der Waals surface area (Å²) in [6.45, 7) is 11.0. The highest BCUT2D eigenvalue weighted by atomic mass is 16.3. The van der Waals surface area contributed by atoms with Crippen LogP contribution in [-0.4, -0.2) is 23.3 Å². The molecular weight excluding hydrogens is 162 g/mol. The van der Waals surface area contributed by atoms with Crippen molar-refractivity contribution in [1.82, 2.24) is 5.32 Å². The molecule has 2 heteroatoms. The molecule has 2 nitrogen and oxygen atoms in total. The van der Waals surface area contributed by atoms with E-state index in [2.05, 4.69) is 33.0 Å². The van der Waals surface area contributed by atoms with Gasteiger partial charge in [0.15, 0.2) is 0 Å². The molecule has 13 heavy (non-hydrogen) atoms. The van der Waals surface area contributed by atoms with E-state index in [1.165, 1.54) is 0 Å². The summed E-state index contributed by atoms with van der Waals surface area (Å²) in [7, 11) is 0. The van der Waals surface area contributed by atoms with E-state index >= 15 is 0 Å². The molecule has 1 unspecified atom stereocenters. The smallest absolute Gasteiger partial charge is 0.0766 e. The lowest BCUT2D eigenvalue weighted by atomic mass is 9.92. The van der Waals surface area contributed by atoms with Gasteiger partial charge < -0.3 is 10.4 Å². The van der Waals surface area contributed by atoms with Crippen LogP contribution < -0.4 is 5.32 Å². The van der Waals surface area contributed by atoms with Crippen molar-refractivity contribution in [3.8, 4) is 0 Å². The molecule has 0 aliphatic rings. The van der Waals surface area contributed by atoms with Gasteiger partial charge in [0.25, 0.3) is 0 Å². The van der Waals surface area contributed by atoms with Crippen molar-refractivity contribution in [1.29, 1.82) is 0 Å². The zero-order chi connectivity index (χ0) is 10.5. The molecular formula is C11H25NO. The van der Waals surface area contributed by atoms with Crippen molar-refractivity contribution in [3.05, 3.63) is 0 Å². The number of aliphatic hydroxyl groups is 1. The molecule has 0 aliphatic carbocycles. The Morgan fingerprint density at radius 2 is 1.69 bits per heavy atom. The standard InChI is InChI=1S/C11H25NO/c1-6-10(7-2)12-8-11(5,13)9(3)4/h9-10,12-13H,6-8H2,1-5H3. The molecule has 0 aliphatic heterocycles. The van der Waals surface area contributed by atoms with Gasteiger partial charge in [-0.1, -0.05) is 27.7 Å². The van der Waals surface area contributed by atoms with Gasteiger partial charge in [0.2, 0.25) is 0 Å². The highest BCUT2D eigenvalue weighted by Crippen LogP contribution is 2.15. The molecule has 0 aromatic rings. The van der Waals surface area contributed by atoms with Crippen LogP contribution in [0, 0.1) is 5.92 Å². The molecule has 80 valence electrons. The van der Waals surface area contributed by atoms with Crippen LogP contribution in [0.25, 0.3) is 0 Å². The van der Waals surface area contributed by atoms with Gasteiger partial charge in [-0.15, -0.1) is 0 Å². The van der Waals surface area contributed by atoms with Gasteiger partial charge in [-0.05, 0) is 25.7 Å². The van der Waals surface area contributed by atoms with E-state index < -0.39 is 5.60 Å². The summed E-state index contributed by atoms with van der Waals surface area (Å²) in [4.78, 5) is 0. The van der Waals surface area contributed by atoms with Gasteiger partial charge in [-0.2, -0.15) is 0 Å². The molecule has 0 rings (SSSR count). The van der Waals surface area contributed by atoms with E-state index in [-0.39, 0.29) is 0 Å². The van der Waals surface area contributed by atoms with Gasteiger partial charge in [0.1, 0.15) is 0 Å². The molecule has 0 radical (unpaired) electrons. The van der Waals surface area contributed by atoms with Crippen LogP contribution in [0.1, 0.15) is 47.5 Å². The highest BCUT2D eigenvalue weighted by molar-refractivity contribution is 4.80. The predicted octanol–water partition coefficient (Wildman–Crippen LogP) is 2.17. The Morgan fingerprint density at radius 1 is 1.23 bits per heavy atom. The summed E-state index contributed by atoms with van der Waals surface area (Å²) in [5, 5.41) is 13.4. The second-order valence-corrected chi connectivity index (χ2v) is 4.41. The fourth-order valence-corrected chi connectivity index (χ4v) is 1.13. The fraction of sp³-hybridized carbons (Fsp3) is 1.00. The van der Waals surface area contributed by atoms with E-state index in [9.17, 15) is 5.11 Å². The first-order chi connectivity index (χ1) is 5.94. The van der Waals surface area contributed by atoms with E-state index in [1.807, 2.05) is 6.92 Å². The fourth-order valence-electron chi connectivity index (χ4n) is 1.13. The van der Waals surface area contributed by atoms with Crippen molar-refractivity contribution >= 4 is 0 Å². The first kappa shape index (κ1) is 12.9. The average molecular weight is 187 g/mol. The SMILES string of the molecule is CCC(CC)NCC(C)(O)C(C)C. The number of nitrogens with one attached hydrogen (secondary N) is 1. The highest BCUT2D eigenvalue weighted by Gasteiger charge is 2.24. The molecule has 0 heterocycles. The van der Waals surface area contributed by atoms with E-state index in [1.54, 1.807) is 0 Å². The maximum Gasteiger partial charge on any atom is 0.0766 e. The Labute approximate surface area is 82.7 Å². The van der Waals surface area contributed by atoms with Crippen molar-refractivity contribution in [2.24, 2.45) is 5.92 Å². The molecule has 0 amide bonds. The van der Waals surface area contributed by atoms with E-state index in [4.69, 9.17) is 0 Å². The molecule has 0 saturated heterocycles. The number of hydrogen-bond acceptors (Lipinski definition) is 2. The zero-order valence-corrected chi connectivity index (χ0v) is 9.72. The van der Waals surface area contributed by atoms with Crippen molar-refractivity contribution in [2.75, 3.05) is 6.54 Å². The molecule has 0 aromatic carbocycles. The number of hydrogen-bond donors (Lipinski definition) is 2. The van der Waals surface area contributed by atoms with Crippen LogP contribution in [-0.2, 0) is 0 Å². The van der Waals surface area contributed by atoms with Crippen LogP contribution >= 0.6 is 0 Å². The summed E-state index contributed by atoms with van der Waals surface area (Å²) in [6.07, 6.45) is 2.26. The predicted molar refractivity (Wildman–Crippen MR) is 57.8 cm³/mol. The lowest BCUT2D eigenvalue weighted by molar-refractivity contribution is 0.0116. The molecule has 0 aromatic heterocycles. The monoisotopic (exact) mass is 187 g/mol. The first-order valence-electron chi connectivity index (χ1n) is 5.39. The van der Waals surface area contributed by atoms with Crippen LogP contribution in [0.15, 0.2) is 0 Å². The van der Waals surface area contributed by atoms with Gasteiger partial charge in [-0.3, -0.25) is 0 Å². The van der Waals surface area contributed by atoms with E-state index in [0.29, 0.717) is 18.5 Å². The Kier molecular flexibility index (Phi) is 5.57.